The van der Waals surface area contributed by atoms with E-state index in [2.05, 4.69) is 65.4 Å². The molecule has 5 rings (SSSR count). The molecule has 0 bridgehead atoms. The normalized spacial score (nSPS) is 22.1. The van der Waals surface area contributed by atoms with Crippen LogP contribution in [0.3, 0.4) is 0 Å². The van der Waals surface area contributed by atoms with E-state index in [1.165, 1.54) is 49.8 Å². The van der Waals surface area contributed by atoms with E-state index < -0.39 is 0 Å². The van der Waals surface area contributed by atoms with Crippen molar-refractivity contribution in [1.29, 1.82) is 5.26 Å². The number of aromatic amines is 1. The molecule has 33 heavy (non-hydrogen) atoms. The summed E-state index contributed by atoms with van der Waals surface area (Å²) in [5.41, 5.74) is 5.38. The highest BCUT2D eigenvalue weighted by atomic mass is 15.1. The Morgan fingerprint density at radius 3 is 2.42 bits per heavy atom. The topological polar surface area (TPSA) is 54.9 Å². The van der Waals surface area contributed by atoms with Gasteiger partial charge in [-0.2, -0.15) is 5.26 Å². The van der Waals surface area contributed by atoms with Crippen molar-refractivity contribution in [2.45, 2.75) is 64.5 Å². The van der Waals surface area contributed by atoms with Gasteiger partial charge in [0.25, 0.3) is 0 Å². The summed E-state index contributed by atoms with van der Waals surface area (Å²) in [6.45, 7) is 6.99. The Hall–Kier alpha value is -2.77. The number of rotatable bonds is 5. The Balaban J connectivity index is 1.20. The van der Waals surface area contributed by atoms with Gasteiger partial charge in [-0.05, 0) is 92.3 Å². The van der Waals surface area contributed by atoms with Crippen LogP contribution in [0.1, 0.15) is 57.9 Å². The lowest BCUT2D eigenvalue weighted by molar-refractivity contribution is 0.221. The maximum atomic E-state index is 9.17. The van der Waals surface area contributed by atoms with Crippen LogP contribution in [0.2, 0.25) is 0 Å². The van der Waals surface area contributed by atoms with Gasteiger partial charge in [-0.25, -0.2) is 0 Å². The molecule has 1 saturated heterocycles. The van der Waals surface area contributed by atoms with Gasteiger partial charge < -0.3 is 15.2 Å². The first-order valence-corrected chi connectivity index (χ1v) is 12.7. The van der Waals surface area contributed by atoms with Crippen LogP contribution in [0.5, 0.6) is 0 Å². The summed E-state index contributed by atoms with van der Waals surface area (Å²) >= 11 is 0. The van der Waals surface area contributed by atoms with Gasteiger partial charge in [0.2, 0.25) is 0 Å². The van der Waals surface area contributed by atoms with Crippen LogP contribution >= 0.6 is 0 Å². The van der Waals surface area contributed by atoms with E-state index in [-0.39, 0.29) is 0 Å². The molecule has 0 amide bonds. The SMILES string of the molecule is CC(C)[C@H]1CC[C@@H](NC2CCN(c3cccc(-c4cc5cc(C#N)ccc5[nH]4)c3)CC2)CC1. The summed E-state index contributed by atoms with van der Waals surface area (Å²) in [6.07, 6.45) is 7.94. The summed E-state index contributed by atoms with van der Waals surface area (Å²) < 4.78 is 0. The van der Waals surface area contributed by atoms with Crippen molar-refractivity contribution >= 4 is 16.6 Å². The molecule has 0 spiro atoms. The molecule has 2 aliphatic rings. The van der Waals surface area contributed by atoms with E-state index in [1.807, 2.05) is 18.2 Å². The highest BCUT2D eigenvalue weighted by Crippen LogP contribution is 2.32. The van der Waals surface area contributed by atoms with Crippen molar-refractivity contribution in [2.24, 2.45) is 11.8 Å². The van der Waals surface area contributed by atoms with Gasteiger partial charge in [0.05, 0.1) is 11.6 Å². The van der Waals surface area contributed by atoms with E-state index >= 15 is 0 Å². The van der Waals surface area contributed by atoms with Crippen molar-refractivity contribution in [1.82, 2.24) is 10.3 Å². The molecule has 4 heteroatoms. The van der Waals surface area contributed by atoms with E-state index in [4.69, 9.17) is 0 Å². The zero-order valence-electron chi connectivity index (χ0n) is 20.0. The number of fused-ring (bicyclic) bond motifs is 1. The molecule has 0 radical (unpaired) electrons. The molecule has 0 unspecified atom stereocenters. The predicted octanol–water partition coefficient (Wildman–Crippen LogP) is 6.48. The lowest BCUT2D eigenvalue weighted by Crippen LogP contribution is -2.47. The molecule has 1 aliphatic heterocycles. The van der Waals surface area contributed by atoms with Crippen LogP contribution in [-0.4, -0.2) is 30.2 Å². The minimum Gasteiger partial charge on any atom is -0.371 e. The van der Waals surface area contributed by atoms with Crippen molar-refractivity contribution in [2.75, 3.05) is 18.0 Å². The van der Waals surface area contributed by atoms with Gasteiger partial charge in [-0.3, -0.25) is 0 Å². The third-order valence-electron chi connectivity index (χ3n) is 7.95. The predicted molar refractivity (Wildman–Crippen MR) is 137 cm³/mol. The maximum Gasteiger partial charge on any atom is 0.0991 e. The summed E-state index contributed by atoms with van der Waals surface area (Å²) in [5.74, 6) is 1.77. The Morgan fingerprint density at radius 1 is 0.939 bits per heavy atom. The first kappa shape index (κ1) is 22.0. The molecule has 2 N–H and O–H groups in total. The molecule has 4 nitrogen and oxygen atoms in total. The molecular formula is C29H36N4. The summed E-state index contributed by atoms with van der Waals surface area (Å²) in [7, 11) is 0. The third-order valence-corrected chi connectivity index (χ3v) is 7.95. The molecule has 1 aromatic heterocycles. The standard InChI is InChI=1S/C29H36N4/c1-20(2)22-7-9-25(10-8-22)31-26-12-14-33(15-13-26)27-5-3-4-23(17-27)29-18-24-16-21(19-30)6-11-28(24)32-29/h3-6,11,16-18,20,22,25-26,31-32H,7-10,12-15H2,1-2H3/t22-,25+. The molecule has 2 fully saturated rings. The van der Waals surface area contributed by atoms with Gasteiger partial charge in [0.15, 0.2) is 0 Å². The number of hydrogen-bond donors (Lipinski definition) is 2. The van der Waals surface area contributed by atoms with Gasteiger partial charge in [0, 0.05) is 47.5 Å². The summed E-state index contributed by atoms with van der Waals surface area (Å²) in [5, 5.41) is 14.3. The van der Waals surface area contributed by atoms with Gasteiger partial charge >= 0.3 is 0 Å². The number of benzene rings is 2. The zero-order valence-corrected chi connectivity index (χ0v) is 20.0. The van der Waals surface area contributed by atoms with Crippen molar-refractivity contribution in [3.63, 3.8) is 0 Å². The Morgan fingerprint density at radius 2 is 1.70 bits per heavy atom. The average molecular weight is 441 g/mol. The minimum absolute atomic E-state index is 0.660. The number of hydrogen-bond acceptors (Lipinski definition) is 3. The largest absolute Gasteiger partial charge is 0.371 e. The highest BCUT2D eigenvalue weighted by molar-refractivity contribution is 5.87. The number of nitrogens with one attached hydrogen (secondary N) is 2. The molecule has 2 heterocycles. The molecule has 1 aliphatic carbocycles. The molecule has 2 aromatic carbocycles. The summed E-state index contributed by atoms with van der Waals surface area (Å²) in [4.78, 5) is 6.05. The van der Waals surface area contributed by atoms with E-state index in [0.717, 1.165) is 47.6 Å². The Kier molecular flexibility index (Phi) is 6.42. The van der Waals surface area contributed by atoms with E-state index in [0.29, 0.717) is 11.6 Å². The fourth-order valence-electron chi connectivity index (χ4n) is 5.82. The first-order valence-electron chi connectivity index (χ1n) is 12.7. The van der Waals surface area contributed by atoms with Crippen LogP contribution in [0, 0.1) is 23.2 Å². The monoisotopic (exact) mass is 440 g/mol. The van der Waals surface area contributed by atoms with Crippen LogP contribution < -0.4 is 10.2 Å². The number of nitrogens with zero attached hydrogens (tertiary/aromatic N) is 2. The molecule has 3 aromatic rings. The van der Waals surface area contributed by atoms with E-state index in [9.17, 15) is 5.26 Å². The smallest absolute Gasteiger partial charge is 0.0991 e. The number of nitriles is 1. The average Bonchev–Trinajstić information content (AvgIpc) is 3.28. The van der Waals surface area contributed by atoms with E-state index in [1.54, 1.807) is 0 Å². The van der Waals surface area contributed by atoms with Crippen LogP contribution in [-0.2, 0) is 0 Å². The van der Waals surface area contributed by atoms with Gasteiger partial charge in [-0.1, -0.05) is 26.0 Å². The van der Waals surface area contributed by atoms with Gasteiger partial charge in [-0.15, -0.1) is 0 Å². The second-order valence-electron chi connectivity index (χ2n) is 10.4. The van der Waals surface area contributed by atoms with Gasteiger partial charge in [0.1, 0.15) is 0 Å². The number of H-pyrrole nitrogens is 1. The highest BCUT2D eigenvalue weighted by Gasteiger charge is 2.26. The molecule has 0 atom stereocenters. The van der Waals surface area contributed by atoms with Crippen molar-refractivity contribution in [3.8, 4) is 17.3 Å². The number of anilines is 1. The Labute approximate surface area is 198 Å². The van der Waals surface area contributed by atoms with Crippen LogP contribution in [0.4, 0.5) is 5.69 Å². The lowest BCUT2D eigenvalue weighted by atomic mass is 9.79. The number of aromatic nitrogens is 1. The molecular weight excluding hydrogens is 404 g/mol. The third kappa shape index (κ3) is 4.94. The second kappa shape index (κ2) is 9.61. The first-order chi connectivity index (χ1) is 16.1. The zero-order chi connectivity index (χ0) is 22.8. The maximum absolute atomic E-state index is 9.17. The molecule has 172 valence electrons. The van der Waals surface area contributed by atoms with Crippen LogP contribution in [0.15, 0.2) is 48.5 Å². The lowest BCUT2D eigenvalue weighted by Gasteiger charge is -2.38. The Bertz CT molecular complexity index is 1120. The fourth-order valence-corrected chi connectivity index (χ4v) is 5.82. The number of piperidine rings is 1. The van der Waals surface area contributed by atoms with Crippen LogP contribution in [0.25, 0.3) is 22.2 Å². The molecule has 1 saturated carbocycles. The minimum atomic E-state index is 0.660. The quantitative estimate of drug-likeness (QED) is 0.477. The van der Waals surface area contributed by atoms with Crippen molar-refractivity contribution in [3.05, 3.63) is 54.1 Å². The second-order valence-corrected chi connectivity index (χ2v) is 10.4. The van der Waals surface area contributed by atoms with Crippen molar-refractivity contribution < 1.29 is 0 Å². The fraction of sp³-hybridized carbons (Fsp3) is 0.483. The summed E-state index contributed by atoms with van der Waals surface area (Å²) in [6, 6.07) is 20.4.